The van der Waals surface area contributed by atoms with Crippen molar-refractivity contribution < 1.29 is 5.11 Å². The topological polar surface area (TPSA) is 32.3 Å². The van der Waals surface area contributed by atoms with Gasteiger partial charge in [-0.1, -0.05) is 13.0 Å². The van der Waals surface area contributed by atoms with Crippen LogP contribution >= 0.6 is 23.1 Å². The summed E-state index contributed by atoms with van der Waals surface area (Å²) < 4.78 is 0. The lowest BCUT2D eigenvalue weighted by Gasteiger charge is -2.12. The molecule has 0 aliphatic carbocycles. The average molecular weight is 231 g/mol. The molecule has 1 aromatic heterocycles. The van der Waals surface area contributed by atoms with E-state index in [1.54, 1.807) is 11.3 Å². The summed E-state index contributed by atoms with van der Waals surface area (Å²) in [6.45, 7) is 3.77. The third kappa shape index (κ3) is 4.00. The normalized spacial score (nSPS) is 15.4. The van der Waals surface area contributed by atoms with Crippen LogP contribution in [0, 0.1) is 0 Å². The van der Waals surface area contributed by atoms with Crippen LogP contribution in [0.25, 0.3) is 0 Å². The Hall–Kier alpha value is -0.0300. The minimum atomic E-state index is -0.357. The molecule has 0 saturated heterocycles. The molecular formula is C10H17NOS2. The molecule has 1 aromatic rings. The van der Waals surface area contributed by atoms with Gasteiger partial charge in [0.15, 0.2) is 0 Å². The zero-order valence-electron chi connectivity index (χ0n) is 8.56. The second-order valence-electron chi connectivity index (χ2n) is 3.24. The van der Waals surface area contributed by atoms with Crippen molar-refractivity contribution in [3.8, 4) is 0 Å². The van der Waals surface area contributed by atoms with Crippen molar-refractivity contribution >= 4 is 23.1 Å². The molecule has 2 unspecified atom stereocenters. The van der Waals surface area contributed by atoms with Crippen LogP contribution < -0.4 is 5.32 Å². The lowest BCUT2D eigenvalue weighted by molar-refractivity contribution is 0.179. The van der Waals surface area contributed by atoms with Gasteiger partial charge in [-0.3, -0.25) is 0 Å². The van der Waals surface area contributed by atoms with Crippen LogP contribution in [0.3, 0.4) is 0 Å². The number of hydrogen-bond donors (Lipinski definition) is 2. The van der Waals surface area contributed by atoms with Crippen molar-refractivity contribution in [2.75, 3.05) is 19.3 Å². The first-order valence-corrected chi connectivity index (χ1v) is 6.85. The van der Waals surface area contributed by atoms with Crippen LogP contribution in [0.1, 0.15) is 17.9 Å². The van der Waals surface area contributed by atoms with Crippen LogP contribution in [0.4, 0.5) is 0 Å². The molecule has 80 valence electrons. The van der Waals surface area contributed by atoms with E-state index in [0.29, 0.717) is 11.8 Å². The minimum Gasteiger partial charge on any atom is -0.386 e. The highest BCUT2D eigenvalue weighted by Gasteiger charge is 2.08. The zero-order chi connectivity index (χ0) is 10.4. The monoisotopic (exact) mass is 231 g/mol. The second kappa shape index (κ2) is 6.45. The maximum atomic E-state index is 9.74. The summed E-state index contributed by atoms with van der Waals surface area (Å²) in [5, 5.41) is 15.6. The summed E-state index contributed by atoms with van der Waals surface area (Å²) in [6.07, 6.45) is 1.74. The van der Waals surface area contributed by atoms with E-state index in [0.717, 1.165) is 11.4 Å². The summed E-state index contributed by atoms with van der Waals surface area (Å²) in [5.41, 5.74) is 0. The molecule has 0 radical (unpaired) electrons. The number of thiophene rings is 1. The van der Waals surface area contributed by atoms with E-state index < -0.39 is 0 Å². The van der Waals surface area contributed by atoms with Gasteiger partial charge in [0.1, 0.15) is 6.10 Å². The maximum absolute atomic E-state index is 9.74. The van der Waals surface area contributed by atoms with Gasteiger partial charge in [0, 0.05) is 23.2 Å². The summed E-state index contributed by atoms with van der Waals surface area (Å²) in [7, 11) is 0. The van der Waals surface area contributed by atoms with E-state index >= 15 is 0 Å². The molecule has 0 fully saturated rings. The van der Waals surface area contributed by atoms with E-state index in [-0.39, 0.29) is 6.10 Å². The number of hydrogen-bond acceptors (Lipinski definition) is 4. The van der Waals surface area contributed by atoms with Crippen molar-refractivity contribution in [3.63, 3.8) is 0 Å². The molecule has 2 nitrogen and oxygen atoms in total. The predicted octanol–water partition coefficient (Wildman–Crippen LogP) is 2.12. The Labute approximate surface area is 93.7 Å². The fourth-order valence-corrected chi connectivity index (χ4v) is 2.08. The van der Waals surface area contributed by atoms with Crippen LogP contribution in [0.15, 0.2) is 17.5 Å². The van der Waals surface area contributed by atoms with Crippen LogP contribution in [0.2, 0.25) is 0 Å². The second-order valence-corrected chi connectivity index (χ2v) is 5.49. The number of nitrogens with one attached hydrogen (secondary N) is 1. The van der Waals surface area contributed by atoms with E-state index in [1.807, 2.05) is 29.3 Å². The third-order valence-corrected chi connectivity index (χ3v) is 3.99. The number of rotatable bonds is 6. The number of aliphatic hydroxyl groups is 1. The summed E-state index contributed by atoms with van der Waals surface area (Å²) in [4.78, 5) is 1.04. The van der Waals surface area contributed by atoms with E-state index in [2.05, 4.69) is 18.5 Å². The van der Waals surface area contributed by atoms with Gasteiger partial charge in [0.2, 0.25) is 0 Å². The molecule has 0 saturated carbocycles. The Morgan fingerprint density at radius 3 is 2.93 bits per heavy atom. The Kier molecular flexibility index (Phi) is 5.55. The smallest absolute Gasteiger partial charge is 0.101 e. The van der Waals surface area contributed by atoms with Gasteiger partial charge >= 0.3 is 0 Å². The van der Waals surface area contributed by atoms with Gasteiger partial charge in [-0.05, 0) is 17.7 Å². The number of thioether (sulfide) groups is 1. The SMILES string of the molecule is CSC(C)CNCC(O)c1cccs1. The fraction of sp³-hybridized carbons (Fsp3) is 0.600. The molecule has 2 N–H and O–H groups in total. The summed E-state index contributed by atoms with van der Waals surface area (Å²) in [5.74, 6) is 0. The molecule has 0 aliphatic heterocycles. The van der Waals surface area contributed by atoms with Crippen LogP contribution in [0.5, 0.6) is 0 Å². The van der Waals surface area contributed by atoms with E-state index in [1.165, 1.54) is 0 Å². The molecule has 0 bridgehead atoms. The molecule has 14 heavy (non-hydrogen) atoms. The minimum absolute atomic E-state index is 0.357. The molecular weight excluding hydrogens is 214 g/mol. The van der Waals surface area contributed by atoms with Gasteiger partial charge in [-0.15, -0.1) is 11.3 Å². The van der Waals surface area contributed by atoms with Crippen molar-refractivity contribution in [2.45, 2.75) is 18.3 Å². The van der Waals surface area contributed by atoms with Gasteiger partial charge < -0.3 is 10.4 Å². The van der Waals surface area contributed by atoms with Gasteiger partial charge in [0.25, 0.3) is 0 Å². The Morgan fingerprint density at radius 2 is 2.36 bits per heavy atom. The lowest BCUT2D eigenvalue weighted by Crippen LogP contribution is -2.27. The first kappa shape index (κ1) is 12.0. The largest absolute Gasteiger partial charge is 0.386 e. The molecule has 1 rings (SSSR count). The predicted molar refractivity (Wildman–Crippen MR) is 65.1 cm³/mol. The molecule has 0 spiro atoms. The highest BCUT2D eigenvalue weighted by Crippen LogP contribution is 2.17. The first-order valence-electron chi connectivity index (χ1n) is 4.69. The maximum Gasteiger partial charge on any atom is 0.101 e. The van der Waals surface area contributed by atoms with Crippen LogP contribution in [-0.4, -0.2) is 29.7 Å². The first-order chi connectivity index (χ1) is 6.74. The summed E-state index contributed by atoms with van der Waals surface area (Å²) >= 11 is 3.43. The number of aliphatic hydroxyl groups excluding tert-OH is 1. The van der Waals surface area contributed by atoms with Crippen LogP contribution in [-0.2, 0) is 0 Å². The zero-order valence-corrected chi connectivity index (χ0v) is 10.2. The lowest BCUT2D eigenvalue weighted by atomic mass is 10.3. The fourth-order valence-electron chi connectivity index (χ4n) is 1.09. The molecule has 0 aliphatic rings. The molecule has 0 amide bonds. The van der Waals surface area contributed by atoms with Gasteiger partial charge in [-0.2, -0.15) is 11.8 Å². The third-order valence-electron chi connectivity index (χ3n) is 2.04. The Morgan fingerprint density at radius 1 is 1.57 bits per heavy atom. The van der Waals surface area contributed by atoms with Crippen molar-refractivity contribution in [3.05, 3.63) is 22.4 Å². The average Bonchev–Trinajstić information content (AvgIpc) is 2.70. The van der Waals surface area contributed by atoms with Crippen molar-refractivity contribution in [2.24, 2.45) is 0 Å². The van der Waals surface area contributed by atoms with E-state index in [9.17, 15) is 5.11 Å². The van der Waals surface area contributed by atoms with Gasteiger partial charge in [-0.25, -0.2) is 0 Å². The molecule has 1 heterocycles. The quantitative estimate of drug-likeness (QED) is 0.786. The van der Waals surface area contributed by atoms with Crippen molar-refractivity contribution in [1.29, 1.82) is 0 Å². The highest BCUT2D eigenvalue weighted by molar-refractivity contribution is 7.99. The van der Waals surface area contributed by atoms with E-state index in [4.69, 9.17) is 0 Å². The summed E-state index contributed by atoms with van der Waals surface area (Å²) in [6, 6.07) is 3.93. The van der Waals surface area contributed by atoms with Crippen molar-refractivity contribution in [1.82, 2.24) is 5.32 Å². The molecule has 4 heteroatoms. The standard InChI is InChI=1S/C10H17NOS2/c1-8(13-2)6-11-7-9(12)10-4-3-5-14-10/h3-5,8-9,11-12H,6-7H2,1-2H3. The molecule has 2 atom stereocenters. The highest BCUT2D eigenvalue weighted by atomic mass is 32.2. The Bertz CT molecular complexity index is 238. The molecule has 0 aromatic carbocycles. The van der Waals surface area contributed by atoms with Gasteiger partial charge in [0.05, 0.1) is 0 Å². The Balaban J connectivity index is 2.19.